The van der Waals surface area contributed by atoms with E-state index in [0.29, 0.717) is 26.0 Å². The van der Waals surface area contributed by atoms with Crippen molar-refractivity contribution in [2.24, 2.45) is 0 Å². The molecule has 2 atom stereocenters. The van der Waals surface area contributed by atoms with Crippen LogP contribution in [-0.4, -0.2) is 46.7 Å². The van der Waals surface area contributed by atoms with Crippen LogP contribution in [-0.2, 0) is 14.3 Å². The highest BCUT2D eigenvalue weighted by Gasteiger charge is 2.44. The molecule has 2 unspecified atom stereocenters. The van der Waals surface area contributed by atoms with Crippen molar-refractivity contribution in [2.45, 2.75) is 50.7 Å². The first kappa shape index (κ1) is 12.4. The summed E-state index contributed by atoms with van der Waals surface area (Å²) in [7, 11) is 0. The number of carboxylic acid groups (broad SMARTS) is 1. The average molecular weight is 241 g/mol. The maximum absolute atomic E-state index is 12.4. The normalized spacial score (nSPS) is 33.7. The maximum Gasteiger partial charge on any atom is 0.326 e. The van der Waals surface area contributed by atoms with E-state index in [1.165, 1.54) is 4.90 Å². The van der Waals surface area contributed by atoms with Crippen LogP contribution in [0.1, 0.15) is 39.0 Å². The Bertz CT molecular complexity index is 322. The van der Waals surface area contributed by atoms with Crippen molar-refractivity contribution >= 4 is 11.9 Å². The fraction of sp³-hybridized carbons (Fsp3) is 0.833. The fourth-order valence-corrected chi connectivity index (χ4v) is 2.68. The number of piperidine rings is 1. The second kappa shape index (κ2) is 4.64. The Morgan fingerprint density at radius 3 is 2.71 bits per heavy atom. The first-order valence-electron chi connectivity index (χ1n) is 6.22. The molecular weight excluding hydrogens is 222 g/mol. The van der Waals surface area contributed by atoms with Gasteiger partial charge in [-0.3, -0.25) is 4.79 Å². The number of carboxylic acids is 1. The summed E-state index contributed by atoms with van der Waals surface area (Å²) in [5.41, 5.74) is -0.801. The number of hydrogen-bond acceptors (Lipinski definition) is 3. The monoisotopic (exact) mass is 241 g/mol. The SMILES string of the molecule is CC1(C(=O)N2CCCCC2C(=O)O)CCCO1. The summed E-state index contributed by atoms with van der Waals surface area (Å²) in [5, 5.41) is 9.15. The zero-order valence-corrected chi connectivity index (χ0v) is 10.1. The van der Waals surface area contributed by atoms with E-state index in [4.69, 9.17) is 9.84 Å². The molecule has 1 N–H and O–H groups in total. The second-order valence-electron chi connectivity index (χ2n) is 5.03. The van der Waals surface area contributed by atoms with Crippen LogP contribution in [0.3, 0.4) is 0 Å². The number of nitrogens with zero attached hydrogens (tertiary/aromatic N) is 1. The van der Waals surface area contributed by atoms with E-state index >= 15 is 0 Å². The minimum absolute atomic E-state index is 0.151. The van der Waals surface area contributed by atoms with Gasteiger partial charge in [0.2, 0.25) is 0 Å². The van der Waals surface area contributed by atoms with E-state index in [0.717, 1.165) is 19.3 Å². The standard InChI is InChI=1S/C12H19NO4/c1-12(6-4-8-17-12)11(16)13-7-3-2-5-9(13)10(14)15/h9H,2-8H2,1H3,(H,14,15). The van der Waals surface area contributed by atoms with Crippen molar-refractivity contribution in [3.05, 3.63) is 0 Å². The number of carbonyl (C=O) groups excluding carboxylic acids is 1. The smallest absolute Gasteiger partial charge is 0.326 e. The molecule has 2 fully saturated rings. The molecule has 2 rings (SSSR count). The van der Waals surface area contributed by atoms with Gasteiger partial charge in [-0.1, -0.05) is 0 Å². The third kappa shape index (κ3) is 2.29. The van der Waals surface area contributed by atoms with Crippen LogP contribution in [0.2, 0.25) is 0 Å². The highest BCUT2D eigenvalue weighted by atomic mass is 16.5. The minimum atomic E-state index is -0.903. The summed E-state index contributed by atoms with van der Waals surface area (Å²) in [5.74, 6) is -1.05. The second-order valence-corrected chi connectivity index (χ2v) is 5.03. The predicted octanol–water partition coefficient (Wildman–Crippen LogP) is 1.02. The van der Waals surface area contributed by atoms with Crippen molar-refractivity contribution in [1.29, 1.82) is 0 Å². The van der Waals surface area contributed by atoms with Gasteiger partial charge in [0.15, 0.2) is 0 Å². The molecule has 5 heteroatoms. The quantitative estimate of drug-likeness (QED) is 0.784. The van der Waals surface area contributed by atoms with Gasteiger partial charge >= 0.3 is 5.97 Å². The maximum atomic E-state index is 12.4. The fourth-order valence-electron chi connectivity index (χ4n) is 2.68. The molecule has 0 aromatic rings. The highest BCUT2D eigenvalue weighted by molar-refractivity contribution is 5.89. The van der Waals surface area contributed by atoms with Crippen molar-refractivity contribution in [2.75, 3.05) is 13.2 Å². The number of aliphatic carboxylic acids is 1. The summed E-state index contributed by atoms with van der Waals surface area (Å²) in [6, 6.07) is -0.669. The van der Waals surface area contributed by atoms with Gasteiger partial charge < -0.3 is 14.7 Å². The lowest BCUT2D eigenvalue weighted by Crippen LogP contribution is -2.55. The molecule has 96 valence electrons. The van der Waals surface area contributed by atoms with Gasteiger partial charge in [-0.25, -0.2) is 4.79 Å². The Hall–Kier alpha value is -1.10. The summed E-state index contributed by atoms with van der Waals surface area (Å²) < 4.78 is 5.50. The van der Waals surface area contributed by atoms with E-state index < -0.39 is 17.6 Å². The summed E-state index contributed by atoms with van der Waals surface area (Å²) in [4.78, 5) is 25.0. The third-order valence-corrected chi connectivity index (χ3v) is 3.72. The van der Waals surface area contributed by atoms with Crippen LogP contribution in [0.15, 0.2) is 0 Å². The largest absolute Gasteiger partial charge is 0.480 e. The molecule has 0 saturated carbocycles. The lowest BCUT2D eigenvalue weighted by Gasteiger charge is -2.37. The van der Waals surface area contributed by atoms with Gasteiger partial charge in [-0.05, 0) is 39.0 Å². The Morgan fingerprint density at radius 2 is 2.12 bits per heavy atom. The van der Waals surface area contributed by atoms with E-state index in [2.05, 4.69) is 0 Å². The number of ether oxygens (including phenoxy) is 1. The topological polar surface area (TPSA) is 66.8 Å². The Kier molecular flexibility index (Phi) is 3.38. The van der Waals surface area contributed by atoms with Gasteiger partial charge in [0.05, 0.1) is 0 Å². The summed E-state index contributed by atoms with van der Waals surface area (Å²) in [6.45, 7) is 2.90. The number of carbonyl (C=O) groups is 2. The number of hydrogen-bond donors (Lipinski definition) is 1. The molecule has 0 radical (unpaired) electrons. The molecule has 5 nitrogen and oxygen atoms in total. The minimum Gasteiger partial charge on any atom is -0.480 e. The molecule has 2 saturated heterocycles. The van der Waals surface area contributed by atoms with Crippen LogP contribution in [0, 0.1) is 0 Å². The first-order chi connectivity index (χ1) is 8.04. The first-order valence-corrected chi connectivity index (χ1v) is 6.22. The molecule has 1 amide bonds. The average Bonchev–Trinajstić information content (AvgIpc) is 2.76. The molecule has 0 aliphatic carbocycles. The van der Waals surface area contributed by atoms with Crippen molar-refractivity contribution in [1.82, 2.24) is 4.90 Å². The van der Waals surface area contributed by atoms with Crippen LogP contribution >= 0.6 is 0 Å². The van der Waals surface area contributed by atoms with E-state index in [-0.39, 0.29) is 5.91 Å². The van der Waals surface area contributed by atoms with Crippen molar-refractivity contribution < 1.29 is 19.4 Å². The van der Waals surface area contributed by atoms with Crippen LogP contribution < -0.4 is 0 Å². The molecule has 0 aromatic carbocycles. The predicted molar refractivity (Wildman–Crippen MR) is 60.6 cm³/mol. The lowest BCUT2D eigenvalue weighted by molar-refractivity contribution is -0.162. The van der Waals surface area contributed by atoms with Crippen LogP contribution in [0.5, 0.6) is 0 Å². The van der Waals surface area contributed by atoms with Gasteiger partial charge in [0.1, 0.15) is 11.6 Å². The van der Waals surface area contributed by atoms with E-state index in [1.54, 1.807) is 6.92 Å². The molecule has 2 aliphatic rings. The summed E-state index contributed by atoms with van der Waals surface area (Å²) in [6.07, 6.45) is 3.86. The van der Waals surface area contributed by atoms with Gasteiger partial charge in [-0.15, -0.1) is 0 Å². The number of likely N-dealkylation sites (tertiary alicyclic amines) is 1. The molecule has 0 spiro atoms. The van der Waals surface area contributed by atoms with E-state index in [9.17, 15) is 9.59 Å². The molecule has 0 aromatic heterocycles. The van der Waals surface area contributed by atoms with Gasteiger partial charge in [0, 0.05) is 13.2 Å². The zero-order valence-electron chi connectivity index (χ0n) is 10.1. The van der Waals surface area contributed by atoms with Crippen LogP contribution in [0.4, 0.5) is 0 Å². The van der Waals surface area contributed by atoms with Crippen LogP contribution in [0.25, 0.3) is 0 Å². The third-order valence-electron chi connectivity index (χ3n) is 3.72. The molecule has 0 bridgehead atoms. The lowest BCUT2D eigenvalue weighted by atomic mass is 9.96. The van der Waals surface area contributed by atoms with Crippen molar-refractivity contribution in [3.63, 3.8) is 0 Å². The Morgan fingerprint density at radius 1 is 1.35 bits per heavy atom. The number of amides is 1. The van der Waals surface area contributed by atoms with Crippen molar-refractivity contribution in [3.8, 4) is 0 Å². The molecule has 2 aliphatic heterocycles. The highest BCUT2D eigenvalue weighted by Crippen LogP contribution is 2.30. The zero-order chi connectivity index (χ0) is 12.5. The number of rotatable bonds is 2. The Labute approximate surface area is 101 Å². The van der Waals surface area contributed by atoms with E-state index in [1.807, 2.05) is 0 Å². The van der Waals surface area contributed by atoms with Gasteiger partial charge in [-0.2, -0.15) is 0 Å². The van der Waals surface area contributed by atoms with Gasteiger partial charge in [0.25, 0.3) is 5.91 Å². The molecule has 17 heavy (non-hydrogen) atoms. The molecule has 2 heterocycles. The summed E-state index contributed by atoms with van der Waals surface area (Å²) >= 11 is 0. The Balaban J connectivity index is 2.13. The molecular formula is C12H19NO4.